The van der Waals surface area contributed by atoms with Crippen LogP contribution in [0.15, 0.2) is 89.8 Å². The van der Waals surface area contributed by atoms with Crippen LogP contribution in [0, 0.1) is 12.8 Å². The van der Waals surface area contributed by atoms with Crippen LogP contribution in [0.4, 0.5) is 5.69 Å². The second-order valence-corrected chi connectivity index (χ2v) is 9.79. The van der Waals surface area contributed by atoms with Crippen LogP contribution in [0.1, 0.15) is 24.5 Å². The number of benzene rings is 3. The molecule has 1 N–H and O–H groups in total. The van der Waals surface area contributed by atoms with Crippen LogP contribution in [0.5, 0.6) is 0 Å². The molecule has 0 aliphatic heterocycles. The van der Waals surface area contributed by atoms with Gasteiger partial charge in [0.25, 0.3) is 10.0 Å². The third-order valence-corrected chi connectivity index (χ3v) is 7.26. The van der Waals surface area contributed by atoms with Gasteiger partial charge in [-0.25, -0.2) is 8.42 Å². The fraction of sp³-hybridized carbons (Fsp3) is 0.269. The molecule has 1 unspecified atom stereocenters. The van der Waals surface area contributed by atoms with Gasteiger partial charge in [-0.1, -0.05) is 79.6 Å². The topological polar surface area (TPSA) is 66.5 Å². The van der Waals surface area contributed by atoms with Crippen LogP contribution in [0.3, 0.4) is 0 Å². The zero-order chi connectivity index (χ0) is 23.0. The minimum atomic E-state index is -3.88. The van der Waals surface area contributed by atoms with E-state index < -0.39 is 10.0 Å². The van der Waals surface area contributed by atoms with Crippen molar-refractivity contribution in [2.75, 3.05) is 17.4 Å². The Hall–Kier alpha value is -3.12. The number of sulfonamides is 1. The highest BCUT2D eigenvalue weighted by atomic mass is 32.2. The first-order valence-electron chi connectivity index (χ1n) is 10.8. The Morgan fingerprint density at radius 3 is 2.09 bits per heavy atom. The van der Waals surface area contributed by atoms with E-state index in [1.54, 1.807) is 42.5 Å². The normalized spacial score (nSPS) is 12.2. The number of anilines is 1. The standard InChI is InChI=1S/C26H30N2O3S/c1-3-22(18-23-10-6-4-7-11-23)19-27-26(29)20-28(24-16-14-21(2)15-17-24)32(30,31)25-12-8-5-9-13-25/h4-17,22H,3,18-20H2,1-2H3,(H,27,29). The summed E-state index contributed by atoms with van der Waals surface area (Å²) in [5.41, 5.74) is 2.70. The van der Waals surface area contributed by atoms with Gasteiger partial charge in [-0.15, -0.1) is 0 Å². The Morgan fingerprint density at radius 2 is 1.50 bits per heavy atom. The van der Waals surface area contributed by atoms with Crippen molar-refractivity contribution < 1.29 is 13.2 Å². The maximum atomic E-state index is 13.3. The molecule has 0 fully saturated rings. The van der Waals surface area contributed by atoms with Gasteiger partial charge in [-0.3, -0.25) is 9.10 Å². The van der Waals surface area contributed by atoms with E-state index in [2.05, 4.69) is 24.4 Å². The zero-order valence-electron chi connectivity index (χ0n) is 18.6. The van der Waals surface area contributed by atoms with Gasteiger partial charge in [0, 0.05) is 6.54 Å². The molecule has 3 aromatic rings. The molecule has 0 spiro atoms. The van der Waals surface area contributed by atoms with Gasteiger partial charge in [0.2, 0.25) is 5.91 Å². The summed E-state index contributed by atoms with van der Waals surface area (Å²) in [6, 6.07) is 25.5. The van der Waals surface area contributed by atoms with Gasteiger partial charge < -0.3 is 5.32 Å². The average Bonchev–Trinajstić information content (AvgIpc) is 2.82. The van der Waals surface area contributed by atoms with E-state index in [9.17, 15) is 13.2 Å². The molecule has 0 saturated carbocycles. The molecule has 0 saturated heterocycles. The summed E-state index contributed by atoms with van der Waals surface area (Å²) in [6.07, 6.45) is 1.78. The molecule has 5 nitrogen and oxygen atoms in total. The van der Waals surface area contributed by atoms with Crippen LogP contribution < -0.4 is 9.62 Å². The second-order valence-electron chi connectivity index (χ2n) is 7.93. The van der Waals surface area contributed by atoms with Gasteiger partial charge in [-0.05, 0) is 49.1 Å². The summed E-state index contributed by atoms with van der Waals surface area (Å²) in [5, 5.41) is 2.94. The van der Waals surface area contributed by atoms with E-state index in [0.29, 0.717) is 12.2 Å². The van der Waals surface area contributed by atoms with Gasteiger partial charge >= 0.3 is 0 Å². The molecule has 0 radical (unpaired) electrons. The van der Waals surface area contributed by atoms with E-state index in [-0.39, 0.29) is 23.3 Å². The molecule has 3 aromatic carbocycles. The highest BCUT2D eigenvalue weighted by Gasteiger charge is 2.27. The SMILES string of the molecule is CCC(CNC(=O)CN(c1ccc(C)cc1)S(=O)(=O)c1ccccc1)Cc1ccccc1. The average molecular weight is 451 g/mol. The van der Waals surface area contributed by atoms with Crippen LogP contribution in [0.2, 0.25) is 0 Å². The minimum absolute atomic E-state index is 0.156. The molecule has 168 valence electrons. The number of carbonyl (C=O) groups excluding carboxylic acids is 1. The van der Waals surface area contributed by atoms with Crippen LogP contribution in [-0.4, -0.2) is 27.4 Å². The molecule has 1 amide bonds. The monoisotopic (exact) mass is 450 g/mol. The second kappa shape index (κ2) is 11.0. The summed E-state index contributed by atoms with van der Waals surface area (Å²) in [7, 11) is -3.88. The number of nitrogens with one attached hydrogen (secondary N) is 1. The van der Waals surface area contributed by atoms with Crippen molar-refractivity contribution in [3.63, 3.8) is 0 Å². The van der Waals surface area contributed by atoms with Crippen molar-refractivity contribution in [1.29, 1.82) is 0 Å². The quantitative estimate of drug-likeness (QED) is 0.492. The highest BCUT2D eigenvalue weighted by molar-refractivity contribution is 7.92. The van der Waals surface area contributed by atoms with Gasteiger partial charge in [0.1, 0.15) is 6.54 Å². The van der Waals surface area contributed by atoms with Crippen molar-refractivity contribution in [3.8, 4) is 0 Å². The lowest BCUT2D eigenvalue weighted by molar-refractivity contribution is -0.119. The molecule has 0 aromatic heterocycles. The summed E-state index contributed by atoms with van der Waals surface area (Å²) in [6.45, 7) is 4.25. The summed E-state index contributed by atoms with van der Waals surface area (Å²) < 4.78 is 27.8. The van der Waals surface area contributed by atoms with Crippen molar-refractivity contribution in [2.24, 2.45) is 5.92 Å². The van der Waals surface area contributed by atoms with E-state index in [1.807, 2.05) is 37.3 Å². The van der Waals surface area contributed by atoms with Gasteiger partial charge in [-0.2, -0.15) is 0 Å². The fourth-order valence-corrected chi connectivity index (χ4v) is 4.94. The lowest BCUT2D eigenvalue weighted by Crippen LogP contribution is -2.42. The summed E-state index contributed by atoms with van der Waals surface area (Å²) in [4.78, 5) is 13.0. The smallest absolute Gasteiger partial charge is 0.264 e. The Kier molecular flexibility index (Phi) is 8.06. The maximum absolute atomic E-state index is 13.3. The maximum Gasteiger partial charge on any atom is 0.264 e. The first kappa shape index (κ1) is 23.5. The molecule has 1 atom stereocenters. The van der Waals surface area contributed by atoms with Crippen LogP contribution in [0.25, 0.3) is 0 Å². The van der Waals surface area contributed by atoms with E-state index in [0.717, 1.165) is 18.4 Å². The molecule has 32 heavy (non-hydrogen) atoms. The molecule has 0 heterocycles. The number of hydrogen-bond acceptors (Lipinski definition) is 3. The Bertz CT molecular complexity index is 1100. The van der Waals surface area contributed by atoms with E-state index >= 15 is 0 Å². The molecule has 6 heteroatoms. The third kappa shape index (κ3) is 6.20. The molecule has 0 aliphatic rings. The molecular weight excluding hydrogens is 420 g/mol. The van der Waals surface area contributed by atoms with Crippen molar-refractivity contribution >= 4 is 21.6 Å². The first-order chi connectivity index (χ1) is 15.4. The third-order valence-electron chi connectivity index (χ3n) is 5.47. The van der Waals surface area contributed by atoms with Crippen molar-refractivity contribution in [3.05, 3.63) is 96.1 Å². The first-order valence-corrected chi connectivity index (χ1v) is 12.3. The fourth-order valence-electron chi connectivity index (χ4n) is 3.50. The largest absolute Gasteiger partial charge is 0.354 e. The highest BCUT2D eigenvalue weighted by Crippen LogP contribution is 2.24. The number of rotatable bonds is 10. The molecule has 0 bridgehead atoms. The lowest BCUT2D eigenvalue weighted by Gasteiger charge is -2.25. The summed E-state index contributed by atoms with van der Waals surface area (Å²) >= 11 is 0. The summed E-state index contributed by atoms with van der Waals surface area (Å²) in [5.74, 6) is -0.0449. The minimum Gasteiger partial charge on any atom is -0.354 e. The Labute approximate surface area is 191 Å². The number of carbonyl (C=O) groups is 1. The van der Waals surface area contributed by atoms with Crippen LogP contribution >= 0.6 is 0 Å². The predicted molar refractivity (Wildman–Crippen MR) is 129 cm³/mol. The predicted octanol–water partition coefficient (Wildman–Crippen LogP) is 4.58. The number of hydrogen-bond donors (Lipinski definition) is 1. The molecular formula is C26H30N2O3S. The van der Waals surface area contributed by atoms with E-state index in [4.69, 9.17) is 0 Å². The van der Waals surface area contributed by atoms with Crippen molar-refractivity contribution in [1.82, 2.24) is 5.32 Å². The molecule has 3 rings (SSSR count). The Morgan fingerprint density at radius 1 is 0.906 bits per heavy atom. The van der Waals surface area contributed by atoms with Crippen LogP contribution in [-0.2, 0) is 21.2 Å². The van der Waals surface area contributed by atoms with Gasteiger partial charge in [0.05, 0.1) is 10.6 Å². The van der Waals surface area contributed by atoms with Gasteiger partial charge in [0.15, 0.2) is 0 Å². The van der Waals surface area contributed by atoms with E-state index in [1.165, 1.54) is 9.87 Å². The Balaban J connectivity index is 1.74. The number of amides is 1. The number of aryl methyl sites for hydroxylation is 1. The molecule has 0 aliphatic carbocycles. The zero-order valence-corrected chi connectivity index (χ0v) is 19.4. The lowest BCUT2D eigenvalue weighted by atomic mass is 9.97. The van der Waals surface area contributed by atoms with Crippen molar-refractivity contribution in [2.45, 2.75) is 31.6 Å². The number of nitrogens with zero attached hydrogens (tertiary/aromatic N) is 1.